The van der Waals surface area contributed by atoms with E-state index in [4.69, 9.17) is 5.11 Å². The Bertz CT molecular complexity index is 600. The zero-order valence-corrected chi connectivity index (χ0v) is 12.5. The molecule has 2 N–H and O–H groups in total. The van der Waals surface area contributed by atoms with Crippen molar-refractivity contribution >= 4 is 16.0 Å². The molecule has 20 heavy (non-hydrogen) atoms. The second-order valence-electron chi connectivity index (χ2n) is 5.43. The van der Waals surface area contributed by atoms with Gasteiger partial charge in [-0.15, -0.1) is 0 Å². The number of carboxylic acids is 1. The van der Waals surface area contributed by atoms with E-state index in [0.29, 0.717) is 5.92 Å². The summed E-state index contributed by atoms with van der Waals surface area (Å²) in [5.41, 5.74) is -0.0427. The maximum Gasteiger partial charge on any atom is 0.352 e. The summed E-state index contributed by atoms with van der Waals surface area (Å²) in [5.74, 6) is -0.773. The van der Waals surface area contributed by atoms with E-state index in [1.165, 1.54) is 23.9 Å². The van der Waals surface area contributed by atoms with Crippen LogP contribution in [0.25, 0.3) is 0 Å². The van der Waals surface area contributed by atoms with Gasteiger partial charge >= 0.3 is 5.97 Å². The molecule has 1 fully saturated rings. The normalized spacial score (nSPS) is 18.3. The van der Waals surface area contributed by atoms with E-state index in [2.05, 4.69) is 4.72 Å². The molecule has 6 nitrogen and oxygen atoms in total. The quantitative estimate of drug-likeness (QED) is 0.864. The van der Waals surface area contributed by atoms with Crippen LogP contribution in [0.5, 0.6) is 0 Å². The molecule has 0 radical (unpaired) electrons. The van der Waals surface area contributed by atoms with Gasteiger partial charge in [-0.2, -0.15) is 0 Å². The lowest BCUT2D eigenvalue weighted by molar-refractivity contribution is 0.0686. The molecule has 1 aromatic heterocycles. The Morgan fingerprint density at radius 2 is 2.05 bits per heavy atom. The van der Waals surface area contributed by atoms with Crippen molar-refractivity contribution in [2.24, 2.45) is 13.0 Å². The second-order valence-corrected chi connectivity index (χ2v) is 7.15. The van der Waals surface area contributed by atoms with Crippen LogP contribution < -0.4 is 4.72 Å². The summed E-state index contributed by atoms with van der Waals surface area (Å²) < 4.78 is 28.5. The van der Waals surface area contributed by atoms with E-state index >= 15 is 0 Å². The minimum atomic E-state index is -3.67. The molecule has 0 aliphatic heterocycles. The minimum absolute atomic E-state index is 0.00208. The molecule has 112 valence electrons. The first-order valence-corrected chi connectivity index (χ1v) is 8.21. The Labute approximate surface area is 118 Å². The summed E-state index contributed by atoms with van der Waals surface area (Å²) in [6.45, 7) is 1.87. The first kappa shape index (κ1) is 15.1. The van der Waals surface area contributed by atoms with Crippen LogP contribution in [0.2, 0.25) is 0 Å². The number of hydrogen-bond donors (Lipinski definition) is 2. The number of rotatable bonds is 5. The van der Waals surface area contributed by atoms with Crippen LogP contribution in [0, 0.1) is 5.92 Å². The number of aromatic nitrogens is 1. The van der Waals surface area contributed by atoms with Gasteiger partial charge in [0.2, 0.25) is 10.0 Å². The van der Waals surface area contributed by atoms with Crippen LogP contribution in [0.4, 0.5) is 0 Å². The van der Waals surface area contributed by atoms with Crippen LogP contribution in [0.15, 0.2) is 17.2 Å². The van der Waals surface area contributed by atoms with Gasteiger partial charge in [0.15, 0.2) is 0 Å². The molecule has 1 atom stereocenters. The number of carboxylic acid groups (broad SMARTS) is 1. The third-order valence-corrected chi connectivity index (χ3v) is 5.48. The second kappa shape index (κ2) is 5.57. The predicted octanol–water partition coefficient (Wildman–Crippen LogP) is 1.58. The molecule has 0 aromatic carbocycles. The Kier molecular flexibility index (Phi) is 4.19. The lowest BCUT2D eigenvalue weighted by Gasteiger charge is -2.19. The molecule has 1 saturated carbocycles. The molecule has 7 heteroatoms. The Hall–Kier alpha value is -1.34. The van der Waals surface area contributed by atoms with Gasteiger partial charge in [0, 0.05) is 19.3 Å². The Balaban J connectivity index is 2.17. The van der Waals surface area contributed by atoms with E-state index in [9.17, 15) is 13.2 Å². The minimum Gasteiger partial charge on any atom is -0.477 e. The highest BCUT2D eigenvalue weighted by atomic mass is 32.2. The number of nitrogens with one attached hydrogen (secondary N) is 1. The van der Waals surface area contributed by atoms with Crippen molar-refractivity contribution in [3.63, 3.8) is 0 Å². The van der Waals surface area contributed by atoms with Crippen molar-refractivity contribution in [1.82, 2.24) is 9.29 Å². The number of hydrogen-bond acceptors (Lipinski definition) is 3. The van der Waals surface area contributed by atoms with Gasteiger partial charge in [-0.25, -0.2) is 17.9 Å². The molecule has 0 bridgehead atoms. The molecule has 2 rings (SSSR count). The van der Waals surface area contributed by atoms with Crippen LogP contribution >= 0.6 is 0 Å². The summed E-state index contributed by atoms with van der Waals surface area (Å²) in [4.78, 5) is 11.0. The smallest absolute Gasteiger partial charge is 0.352 e. The zero-order valence-electron chi connectivity index (χ0n) is 11.7. The SMILES string of the molecule is CC(NS(=O)(=O)c1cc(C(=O)O)n(C)c1)C1CCCC1. The number of nitrogens with zero attached hydrogens (tertiary/aromatic N) is 1. The van der Waals surface area contributed by atoms with Crippen molar-refractivity contribution in [3.05, 3.63) is 18.0 Å². The largest absolute Gasteiger partial charge is 0.477 e. The number of sulfonamides is 1. The van der Waals surface area contributed by atoms with Crippen LogP contribution in [-0.4, -0.2) is 30.1 Å². The lowest BCUT2D eigenvalue weighted by Crippen LogP contribution is -2.37. The molecular weight excluding hydrogens is 280 g/mol. The zero-order chi connectivity index (χ0) is 14.9. The van der Waals surface area contributed by atoms with Crippen molar-refractivity contribution < 1.29 is 18.3 Å². The van der Waals surface area contributed by atoms with Crippen molar-refractivity contribution in [2.45, 2.75) is 43.5 Å². The van der Waals surface area contributed by atoms with Gasteiger partial charge in [0.25, 0.3) is 0 Å². The van der Waals surface area contributed by atoms with Crippen LogP contribution in [-0.2, 0) is 17.1 Å². The summed E-state index contributed by atoms with van der Waals surface area (Å²) in [6, 6.07) is 1.06. The van der Waals surface area contributed by atoms with E-state index in [1.54, 1.807) is 0 Å². The molecule has 1 aliphatic carbocycles. The van der Waals surface area contributed by atoms with Gasteiger partial charge < -0.3 is 9.67 Å². The maximum atomic E-state index is 12.3. The molecule has 1 unspecified atom stereocenters. The lowest BCUT2D eigenvalue weighted by atomic mass is 10.0. The maximum absolute atomic E-state index is 12.3. The molecule has 1 aromatic rings. The molecule has 0 amide bonds. The van der Waals surface area contributed by atoms with Gasteiger partial charge in [-0.05, 0) is 31.7 Å². The summed E-state index contributed by atoms with van der Waals surface area (Å²) >= 11 is 0. The number of aryl methyl sites for hydroxylation is 1. The molecule has 0 saturated heterocycles. The predicted molar refractivity (Wildman–Crippen MR) is 74.1 cm³/mol. The van der Waals surface area contributed by atoms with E-state index in [-0.39, 0.29) is 16.6 Å². The Morgan fingerprint density at radius 3 is 2.55 bits per heavy atom. The highest BCUT2D eigenvalue weighted by Gasteiger charge is 2.27. The van der Waals surface area contributed by atoms with Gasteiger partial charge in [-0.1, -0.05) is 12.8 Å². The summed E-state index contributed by atoms with van der Waals surface area (Å²) in [5, 5.41) is 8.96. The molecular formula is C13H20N2O4S. The average Bonchev–Trinajstić information content (AvgIpc) is 2.96. The van der Waals surface area contributed by atoms with Crippen molar-refractivity contribution in [3.8, 4) is 0 Å². The third kappa shape index (κ3) is 3.04. The highest BCUT2D eigenvalue weighted by molar-refractivity contribution is 7.89. The third-order valence-electron chi connectivity index (χ3n) is 3.96. The fourth-order valence-corrected chi connectivity index (χ4v) is 4.14. The van der Waals surface area contributed by atoms with E-state index in [0.717, 1.165) is 25.7 Å². The van der Waals surface area contributed by atoms with E-state index in [1.807, 2.05) is 6.92 Å². The highest BCUT2D eigenvalue weighted by Crippen LogP contribution is 2.28. The van der Waals surface area contributed by atoms with Gasteiger partial charge in [0.1, 0.15) is 10.6 Å². The van der Waals surface area contributed by atoms with Gasteiger partial charge in [-0.3, -0.25) is 0 Å². The molecule has 0 spiro atoms. The molecule has 1 aliphatic rings. The first-order chi connectivity index (χ1) is 9.31. The summed E-state index contributed by atoms with van der Waals surface area (Å²) in [6.07, 6.45) is 5.70. The van der Waals surface area contributed by atoms with Crippen molar-refractivity contribution in [1.29, 1.82) is 0 Å². The van der Waals surface area contributed by atoms with Crippen LogP contribution in [0.1, 0.15) is 43.1 Å². The van der Waals surface area contributed by atoms with Crippen molar-refractivity contribution in [2.75, 3.05) is 0 Å². The first-order valence-electron chi connectivity index (χ1n) is 6.73. The standard InChI is InChI=1S/C13H20N2O4S/c1-9(10-5-3-4-6-10)14-20(18,19)11-7-12(13(16)17)15(2)8-11/h7-10,14H,3-6H2,1-2H3,(H,16,17). The average molecular weight is 300 g/mol. The van der Waals surface area contributed by atoms with E-state index < -0.39 is 16.0 Å². The van der Waals surface area contributed by atoms with Crippen LogP contribution in [0.3, 0.4) is 0 Å². The summed E-state index contributed by atoms with van der Waals surface area (Å²) in [7, 11) is -2.15. The number of aromatic carboxylic acids is 1. The monoisotopic (exact) mass is 300 g/mol. The topological polar surface area (TPSA) is 88.4 Å². The molecule has 1 heterocycles. The number of carbonyl (C=O) groups is 1. The Morgan fingerprint density at radius 1 is 1.45 bits per heavy atom. The fourth-order valence-electron chi connectivity index (χ4n) is 2.76. The van der Waals surface area contributed by atoms with Gasteiger partial charge in [0.05, 0.1) is 0 Å². The fraction of sp³-hybridized carbons (Fsp3) is 0.615.